The van der Waals surface area contributed by atoms with E-state index in [2.05, 4.69) is 4.74 Å². The van der Waals surface area contributed by atoms with Crippen LogP contribution in [0.15, 0.2) is 12.1 Å². The summed E-state index contributed by atoms with van der Waals surface area (Å²) in [5.41, 5.74) is -0.954. The molecule has 0 aliphatic heterocycles. The van der Waals surface area contributed by atoms with Gasteiger partial charge < -0.3 is 9.84 Å². The van der Waals surface area contributed by atoms with Crippen molar-refractivity contribution < 1.29 is 23.4 Å². The third-order valence-corrected chi connectivity index (χ3v) is 2.30. The molecule has 0 bridgehead atoms. The Kier molecular flexibility index (Phi) is 4.60. The molecule has 6 heteroatoms. The average molecular weight is 255 g/mol. The van der Waals surface area contributed by atoms with Gasteiger partial charge in [0.05, 0.1) is 30.2 Å². The number of nitriles is 1. The molecule has 4 nitrogen and oxygen atoms in total. The molecule has 0 saturated heterocycles. The second-order valence-electron chi connectivity index (χ2n) is 3.42. The van der Waals surface area contributed by atoms with Gasteiger partial charge in [-0.2, -0.15) is 5.26 Å². The summed E-state index contributed by atoms with van der Waals surface area (Å²) < 4.78 is 30.3. The zero-order valence-electron chi connectivity index (χ0n) is 9.61. The topological polar surface area (TPSA) is 70.3 Å². The van der Waals surface area contributed by atoms with E-state index in [1.165, 1.54) is 6.07 Å². The molecule has 1 aromatic carbocycles. The van der Waals surface area contributed by atoms with Crippen molar-refractivity contribution in [1.82, 2.24) is 0 Å². The fourth-order valence-corrected chi connectivity index (χ4v) is 1.55. The highest BCUT2D eigenvalue weighted by Gasteiger charge is 2.23. The largest absolute Gasteiger partial charge is 0.507 e. The number of rotatable bonds is 4. The molecule has 0 aliphatic rings. The van der Waals surface area contributed by atoms with Crippen LogP contribution in [0.4, 0.5) is 8.78 Å². The minimum Gasteiger partial charge on any atom is -0.507 e. The van der Waals surface area contributed by atoms with Crippen LogP contribution in [-0.4, -0.2) is 17.7 Å². The number of phenolic OH excluding ortho intramolecular Hbond substituents is 1. The molecule has 0 saturated carbocycles. The summed E-state index contributed by atoms with van der Waals surface area (Å²) >= 11 is 0. The number of hydrogen-bond acceptors (Lipinski definition) is 4. The van der Waals surface area contributed by atoms with Crippen LogP contribution in [0.3, 0.4) is 0 Å². The molecule has 18 heavy (non-hydrogen) atoms. The number of benzene rings is 1. The van der Waals surface area contributed by atoms with Gasteiger partial charge in [0, 0.05) is 0 Å². The lowest BCUT2D eigenvalue weighted by Crippen LogP contribution is -2.11. The van der Waals surface area contributed by atoms with Crippen LogP contribution in [0.2, 0.25) is 0 Å². The fourth-order valence-electron chi connectivity index (χ4n) is 1.55. The Labute approximate surface area is 102 Å². The maximum atomic E-state index is 12.8. The van der Waals surface area contributed by atoms with Crippen LogP contribution in [0.1, 0.15) is 30.0 Å². The summed E-state index contributed by atoms with van der Waals surface area (Å²) in [7, 11) is 0. The SMILES string of the molecule is CCOC(=O)Cc1c(C#N)ccc(O)c1C(F)F. The molecular weight excluding hydrogens is 244 g/mol. The molecule has 0 radical (unpaired) electrons. The third kappa shape index (κ3) is 2.94. The number of carbonyl (C=O) groups excluding carboxylic acids is 1. The Balaban J connectivity index is 3.25. The monoisotopic (exact) mass is 255 g/mol. The van der Waals surface area contributed by atoms with Gasteiger partial charge in [-0.1, -0.05) is 0 Å². The Bertz CT molecular complexity index is 495. The molecule has 1 aromatic rings. The number of nitrogens with zero attached hydrogens (tertiary/aromatic N) is 1. The normalized spacial score (nSPS) is 10.2. The predicted molar refractivity (Wildman–Crippen MR) is 58.1 cm³/mol. The van der Waals surface area contributed by atoms with E-state index in [1.807, 2.05) is 0 Å². The zero-order chi connectivity index (χ0) is 13.7. The third-order valence-electron chi connectivity index (χ3n) is 2.30. The van der Waals surface area contributed by atoms with Gasteiger partial charge in [-0.05, 0) is 24.6 Å². The van der Waals surface area contributed by atoms with Crippen LogP contribution in [0.5, 0.6) is 5.75 Å². The number of ether oxygens (including phenoxy) is 1. The van der Waals surface area contributed by atoms with E-state index in [-0.39, 0.29) is 17.7 Å². The van der Waals surface area contributed by atoms with Gasteiger partial charge in [-0.3, -0.25) is 4.79 Å². The first-order valence-corrected chi connectivity index (χ1v) is 5.19. The number of carbonyl (C=O) groups is 1. The van der Waals surface area contributed by atoms with E-state index in [4.69, 9.17) is 5.26 Å². The lowest BCUT2D eigenvalue weighted by atomic mass is 9.98. The first-order chi connectivity index (χ1) is 8.51. The standard InChI is InChI=1S/C12H11F2NO3/c1-2-18-10(17)5-8-7(6-15)3-4-9(16)11(8)12(13)14/h3-4,12,16H,2,5H2,1H3. The molecule has 1 rings (SSSR count). The first-order valence-electron chi connectivity index (χ1n) is 5.19. The Hall–Kier alpha value is -2.16. The number of halogens is 2. The molecule has 0 spiro atoms. The van der Waals surface area contributed by atoms with E-state index < -0.39 is 30.1 Å². The van der Waals surface area contributed by atoms with Gasteiger partial charge in [0.2, 0.25) is 0 Å². The number of phenols is 1. The smallest absolute Gasteiger partial charge is 0.310 e. The summed E-state index contributed by atoms with van der Waals surface area (Å²) in [6.45, 7) is 1.70. The lowest BCUT2D eigenvalue weighted by Gasteiger charge is -2.12. The molecular formula is C12H11F2NO3. The van der Waals surface area contributed by atoms with Crippen LogP contribution < -0.4 is 0 Å². The maximum absolute atomic E-state index is 12.8. The average Bonchev–Trinajstić information content (AvgIpc) is 2.29. The highest BCUT2D eigenvalue weighted by atomic mass is 19.3. The molecule has 96 valence electrons. The highest BCUT2D eigenvalue weighted by molar-refractivity contribution is 5.75. The number of alkyl halides is 2. The number of hydrogen-bond donors (Lipinski definition) is 1. The summed E-state index contributed by atoms with van der Waals surface area (Å²) in [5, 5.41) is 18.2. The minimum atomic E-state index is -2.97. The van der Waals surface area contributed by atoms with Crippen molar-refractivity contribution in [3.63, 3.8) is 0 Å². The van der Waals surface area contributed by atoms with Crippen molar-refractivity contribution in [2.75, 3.05) is 6.61 Å². The van der Waals surface area contributed by atoms with Crippen molar-refractivity contribution in [2.24, 2.45) is 0 Å². The van der Waals surface area contributed by atoms with Crippen LogP contribution in [0.25, 0.3) is 0 Å². The summed E-state index contributed by atoms with van der Waals surface area (Å²) in [4.78, 5) is 11.3. The zero-order valence-corrected chi connectivity index (χ0v) is 9.61. The fraction of sp³-hybridized carbons (Fsp3) is 0.333. The van der Waals surface area contributed by atoms with E-state index in [9.17, 15) is 18.7 Å². The van der Waals surface area contributed by atoms with Crippen molar-refractivity contribution in [3.8, 4) is 11.8 Å². The highest BCUT2D eigenvalue weighted by Crippen LogP contribution is 2.33. The minimum absolute atomic E-state index is 0.0730. The summed E-state index contributed by atoms with van der Waals surface area (Å²) in [6, 6.07) is 3.91. The van der Waals surface area contributed by atoms with Gasteiger partial charge >= 0.3 is 5.97 Å². The molecule has 0 heterocycles. The Morgan fingerprint density at radius 1 is 1.56 bits per heavy atom. The van der Waals surface area contributed by atoms with E-state index in [0.29, 0.717) is 0 Å². The Morgan fingerprint density at radius 3 is 2.72 bits per heavy atom. The number of aromatic hydroxyl groups is 1. The van der Waals surface area contributed by atoms with Gasteiger partial charge in [-0.25, -0.2) is 8.78 Å². The van der Waals surface area contributed by atoms with Crippen LogP contribution >= 0.6 is 0 Å². The molecule has 0 fully saturated rings. The molecule has 0 amide bonds. The first kappa shape index (κ1) is 13.9. The van der Waals surface area contributed by atoms with Gasteiger partial charge in [0.1, 0.15) is 5.75 Å². The van der Waals surface area contributed by atoms with E-state index >= 15 is 0 Å². The summed E-state index contributed by atoms with van der Waals surface area (Å²) in [5.74, 6) is -1.36. The second-order valence-corrected chi connectivity index (χ2v) is 3.42. The summed E-state index contributed by atoms with van der Waals surface area (Å²) in [6.07, 6.45) is -3.44. The van der Waals surface area contributed by atoms with Crippen LogP contribution in [0, 0.1) is 11.3 Å². The van der Waals surface area contributed by atoms with Crippen molar-refractivity contribution >= 4 is 5.97 Å². The molecule has 1 N–H and O–H groups in total. The number of esters is 1. The Morgan fingerprint density at radius 2 is 2.22 bits per heavy atom. The van der Waals surface area contributed by atoms with Crippen molar-refractivity contribution in [3.05, 3.63) is 28.8 Å². The molecule has 0 unspecified atom stereocenters. The predicted octanol–water partition coefficient (Wildman–Crippen LogP) is 2.31. The molecule has 0 atom stereocenters. The quantitative estimate of drug-likeness (QED) is 0.838. The van der Waals surface area contributed by atoms with Crippen molar-refractivity contribution in [2.45, 2.75) is 19.8 Å². The molecule has 0 aromatic heterocycles. The van der Waals surface area contributed by atoms with Gasteiger partial charge in [0.15, 0.2) is 0 Å². The van der Waals surface area contributed by atoms with Crippen LogP contribution in [-0.2, 0) is 16.0 Å². The lowest BCUT2D eigenvalue weighted by molar-refractivity contribution is -0.142. The molecule has 0 aliphatic carbocycles. The van der Waals surface area contributed by atoms with Gasteiger partial charge in [0.25, 0.3) is 6.43 Å². The van der Waals surface area contributed by atoms with E-state index in [1.54, 1.807) is 13.0 Å². The van der Waals surface area contributed by atoms with E-state index in [0.717, 1.165) is 6.07 Å². The van der Waals surface area contributed by atoms with Crippen molar-refractivity contribution in [1.29, 1.82) is 5.26 Å². The maximum Gasteiger partial charge on any atom is 0.310 e. The van der Waals surface area contributed by atoms with Gasteiger partial charge in [-0.15, -0.1) is 0 Å². The second kappa shape index (κ2) is 5.96.